The van der Waals surface area contributed by atoms with Gasteiger partial charge in [0.2, 0.25) is 0 Å². The number of hydrogen-bond acceptors (Lipinski definition) is 3. The van der Waals surface area contributed by atoms with Gasteiger partial charge in [-0.1, -0.05) is 0 Å². The summed E-state index contributed by atoms with van der Waals surface area (Å²) in [6.45, 7) is 0. The molecule has 0 saturated heterocycles. The standard InChI is InChI=1S/AsH3O3.Ca/c2-1(3)4;/h2-4H;. The van der Waals surface area contributed by atoms with E-state index in [9.17, 15) is 0 Å². The molecule has 5 heavy (non-hydrogen) atoms. The molecule has 0 unspecified atom stereocenters. The predicted molar refractivity (Wildman–Crippen MR) is 18.2 cm³/mol. The van der Waals surface area contributed by atoms with Crippen LogP contribution in [0.2, 0.25) is 0 Å². The fraction of sp³-hybridized carbons (Fsp3) is 0. The second-order valence-corrected chi connectivity index (χ2v) is 1.39. The summed E-state index contributed by atoms with van der Waals surface area (Å²) in [4.78, 5) is 0. The van der Waals surface area contributed by atoms with E-state index in [1.54, 1.807) is 0 Å². The van der Waals surface area contributed by atoms with Crippen LogP contribution in [0.15, 0.2) is 0 Å². The molecule has 0 bridgehead atoms. The van der Waals surface area contributed by atoms with Gasteiger partial charge in [0.25, 0.3) is 0 Å². The summed E-state index contributed by atoms with van der Waals surface area (Å²) in [7, 11) is 0. The zero-order chi connectivity index (χ0) is 3.58. The van der Waals surface area contributed by atoms with E-state index in [0.717, 1.165) is 0 Å². The molecule has 2 radical (unpaired) electrons. The molecule has 0 aliphatic rings. The van der Waals surface area contributed by atoms with Crippen molar-refractivity contribution in [3.63, 3.8) is 0 Å². The SMILES string of the molecule is O[As](O)O.[Ca]. The van der Waals surface area contributed by atoms with Gasteiger partial charge in [-0.25, -0.2) is 0 Å². The summed E-state index contributed by atoms with van der Waals surface area (Å²) >= 11 is -3.19. The molecule has 0 spiro atoms. The van der Waals surface area contributed by atoms with E-state index in [-0.39, 0.29) is 37.7 Å². The van der Waals surface area contributed by atoms with Crippen molar-refractivity contribution >= 4 is 53.4 Å². The molecule has 0 saturated carbocycles. The molecular weight excluding hydrogens is 163 g/mol. The van der Waals surface area contributed by atoms with Crippen LogP contribution < -0.4 is 0 Å². The van der Waals surface area contributed by atoms with Gasteiger partial charge in [-0.3, -0.25) is 0 Å². The van der Waals surface area contributed by atoms with Crippen molar-refractivity contribution in [3.05, 3.63) is 0 Å². The molecule has 3 N–H and O–H groups in total. The third-order valence-electron chi connectivity index (χ3n) is 0. The van der Waals surface area contributed by atoms with Crippen molar-refractivity contribution in [3.8, 4) is 0 Å². The minimum Gasteiger partial charge on any atom is 0 e. The zero-order valence-corrected chi connectivity index (χ0v) is 6.58. The maximum atomic E-state index is 7.31. The molecule has 5 heteroatoms. The smallest absolute Gasteiger partial charge is 0 e. The topological polar surface area (TPSA) is 60.7 Å². The van der Waals surface area contributed by atoms with E-state index in [1.165, 1.54) is 0 Å². The van der Waals surface area contributed by atoms with Crippen LogP contribution in [-0.2, 0) is 0 Å². The maximum Gasteiger partial charge on any atom is 0 e. The van der Waals surface area contributed by atoms with Gasteiger partial charge in [-0.15, -0.1) is 0 Å². The largest absolute Gasteiger partial charge is 0 e. The molecular formula is H3AsCaO3. The Balaban J connectivity index is 0. The monoisotopic (exact) mass is 166 g/mol. The predicted octanol–water partition coefficient (Wildman–Crippen LogP) is -2.43. The number of hydrogen-bond donors (Lipinski definition) is 3. The molecule has 0 aliphatic carbocycles. The summed E-state index contributed by atoms with van der Waals surface area (Å²) in [5.74, 6) is 0. The van der Waals surface area contributed by atoms with Gasteiger partial charge in [0.05, 0.1) is 0 Å². The molecule has 0 aromatic carbocycles. The maximum absolute atomic E-state index is 7.31. The van der Waals surface area contributed by atoms with Crippen LogP contribution in [0.5, 0.6) is 0 Å². The first-order valence-electron chi connectivity index (χ1n) is 0.600. The Kier molecular flexibility index (Phi) is 11.2. The first kappa shape index (κ1) is 9.85. The Labute approximate surface area is 64.9 Å². The fourth-order valence-corrected chi connectivity index (χ4v) is 0. The van der Waals surface area contributed by atoms with Crippen molar-refractivity contribution in [2.45, 2.75) is 0 Å². The molecule has 0 atom stereocenters. The van der Waals surface area contributed by atoms with Crippen LogP contribution in [0.4, 0.5) is 0 Å². The molecule has 0 aromatic rings. The average molecular weight is 166 g/mol. The molecule has 0 aromatic heterocycles. The molecule has 0 heterocycles. The number of rotatable bonds is 0. The zero-order valence-electron chi connectivity index (χ0n) is 2.50. The van der Waals surface area contributed by atoms with Crippen molar-refractivity contribution in [2.75, 3.05) is 0 Å². The molecule has 28 valence electrons. The van der Waals surface area contributed by atoms with Crippen LogP contribution in [-0.4, -0.2) is 65.7 Å². The van der Waals surface area contributed by atoms with E-state index < -0.39 is 15.7 Å². The summed E-state index contributed by atoms with van der Waals surface area (Å²) in [5.41, 5.74) is 0. The molecule has 0 aliphatic heterocycles. The second-order valence-electron chi connectivity index (χ2n) is 0.268. The summed E-state index contributed by atoms with van der Waals surface area (Å²) in [6, 6.07) is 0. The Hall–Kier alpha value is 1.70. The first-order valence-corrected chi connectivity index (χ1v) is 3.12. The molecule has 0 amide bonds. The van der Waals surface area contributed by atoms with E-state index >= 15 is 0 Å². The van der Waals surface area contributed by atoms with Crippen LogP contribution in [0.3, 0.4) is 0 Å². The van der Waals surface area contributed by atoms with Crippen molar-refractivity contribution in [1.29, 1.82) is 0 Å². The summed E-state index contributed by atoms with van der Waals surface area (Å²) in [5, 5.41) is 0. The van der Waals surface area contributed by atoms with Gasteiger partial charge in [0, 0.05) is 37.7 Å². The third-order valence-corrected chi connectivity index (χ3v) is 0. The summed E-state index contributed by atoms with van der Waals surface area (Å²) in [6.07, 6.45) is 0. The Morgan fingerprint density at radius 2 is 1.00 bits per heavy atom. The minimum absolute atomic E-state index is 0. The van der Waals surface area contributed by atoms with E-state index in [1.807, 2.05) is 0 Å². The molecule has 0 rings (SSSR count). The van der Waals surface area contributed by atoms with Crippen LogP contribution in [0.25, 0.3) is 0 Å². The Morgan fingerprint density at radius 1 is 1.00 bits per heavy atom. The third kappa shape index (κ3) is 27.0. The first-order chi connectivity index (χ1) is 1.73. The average Bonchev–Trinajstić information content (AvgIpc) is 0.811. The summed E-state index contributed by atoms with van der Waals surface area (Å²) < 4.78 is 21.9. The van der Waals surface area contributed by atoms with E-state index in [0.29, 0.717) is 0 Å². The van der Waals surface area contributed by atoms with Crippen LogP contribution in [0.1, 0.15) is 0 Å². The van der Waals surface area contributed by atoms with Gasteiger partial charge in [-0.2, -0.15) is 0 Å². The van der Waals surface area contributed by atoms with Crippen LogP contribution in [0, 0.1) is 0 Å². The van der Waals surface area contributed by atoms with Crippen molar-refractivity contribution in [2.24, 2.45) is 0 Å². The van der Waals surface area contributed by atoms with Crippen LogP contribution >= 0.6 is 0 Å². The second kappa shape index (κ2) is 5.70. The van der Waals surface area contributed by atoms with Gasteiger partial charge >= 0.3 is 28.0 Å². The van der Waals surface area contributed by atoms with Gasteiger partial charge in [0.15, 0.2) is 0 Å². The normalized spacial score (nSPS) is 7.20. The quantitative estimate of drug-likeness (QED) is 0.350. The van der Waals surface area contributed by atoms with Gasteiger partial charge in [-0.05, 0) is 0 Å². The van der Waals surface area contributed by atoms with Gasteiger partial charge in [0.1, 0.15) is 0 Å². The molecule has 0 fully saturated rings. The minimum atomic E-state index is -3.19. The van der Waals surface area contributed by atoms with Crippen molar-refractivity contribution in [1.82, 2.24) is 0 Å². The van der Waals surface area contributed by atoms with Crippen molar-refractivity contribution < 1.29 is 12.3 Å². The Bertz CT molecular complexity index is 11.6. The van der Waals surface area contributed by atoms with E-state index in [4.69, 9.17) is 12.3 Å². The Morgan fingerprint density at radius 3 is 1.00 bits per heavy atom. The van der Waals surface area contributed by atoms with E-state index in [2.05, 4.69) is 0 Å². The van der Waals surface area contributed by atoms with Gasteiger partial charge < -0.3 is 0 Å². The fourth-order valence-electron chi connectivity index (χ4n) is 0. The molecule has 3 nitrogen and oxygen atoms in total.